The molecule has 1 saturated heterocycles. The number of nitrogens with two attached hydrogens (primary N) is 1. The molecule has 1 aliphatic heterocycles. The van der Waals surface area contributed by atoms with Gasteiger partial charge in [-0.05, 0) is 19.8 Å². The lowest BCUT2D eigenvalue weighted by Gasteiger charge is -2.32. The molecular weight excluding hydrogens is 158 g/mol. The van der Waals surface area contributed by atoms with Crippen molar-refractivity contribution in [1.29, 1.82) is 0 Å². The molecule has 0 aromatic carbocycles. The van der Waals surface area contributed by atoms with Crippen molar-refractivity contribution >= 4 is 5.97 Å². The van der Waals surface area contributed by atoms with Crippen molar-refractivity contribution in [3.05, 3.63) is 0 Å². The van der Waals surface area contributed by atoms with Crippen molar-refractivity contribution in [3.63, 3.8) is 0 Å². The predicted molar refractivity (Wildman–Crippen MR) is 43.6 cm³/mol. The van der Waals surface area contributed by atoms with E-state index in [0.717, 1.165) is 6.42 Å². The Morgan fingerprint density at radius 1 is 1.75 bits per heavy atom. The molecule has 4 nitrogen and oxygen atoms in total. The van der Waals surface area contributed by atoms with Gasteiger partial charge in [-0.3, -0.25) is 0 Å². The second-order valence-corrected chi connectivity index (χ2v) is 3.52. The average molecular weight is 173 g/mol. The molecule has 12 heavy (non-hydrogen) atoms. The Morgan fingerprint density at radius 2 is 2.42 bits per heavy atom. The fourth-order valence-corrected chi connectivity index (χ4v) is 1.22. The SMILES string of the molecule is COC(=O)C1CCC(C)(N)CO1. The van der Waals surface area contributed by atoms with Crippen molar-refractivity contribution in [3.8, 4) is 0 Å². The number of methoxy groups -OCH3 is 1. The van der Waals surface area contributed by atoms with Crippen molar-refractivity contribution in [2.75, 3.05) is 13.7 Å². The van der Waals surface area contributed by atoms with Crippen LogP contribution in [0.1, 0.15) is 19.8 Å². The minimum Gasteiger partial charge on any atom is -0.467 e. The van der Waals surface area contributed by atoms with E-state index in [0.29, 0.717) is 13.0 Å². The minimum atomic E-state index is -0.411. The highest BCUT2D eigenvalue weighted by atomic mass is 16.6. The molecular formula is C8H15NO3. The van der Waals surface area contributed by atoms with Crippen molar-refractivity contribution in [1.82, 2.24) is 0 Å². The Labute approximate surface area is 72.0 Å². The highest BCUT2D eigenvalue weighted by molar-refractivity contribution is 5.74. The summed E-state index contributed by atoms with van der Waals surface area (Å²) in [5.41, 5.74) is 5.52. The van der Waals surface area contributed by atoms with E-state index in [9.17, 15) is 4.79 Å². The van der Waals surface area contributed by atoms with Crippen LogP contribution in [0, 0.1) is 0 Å². The highest BCUT2D eigenvalue weighted by Gasteiger charge is 2.32. The van der Waals surface area contributed by atoms with Crippen LogP contribution in [0.5, 0.6) is 0 Å². The first kappa shape index (κ1) is 9.48. The number of carbonyl (C=O) groups excluding carboxylic acids is 1. The molecule has 0 saturated carbocycles. The maximum Gasteiger partial charge on any atom is 0.334 e. The Morgan fingerprint density at radius 3 is 2.83 bits per heavy atom. The molecule has 0 bridgehead atoms. The number of carbonyl (C=O) groups is 1. The topological polar surface area (TPSA) is 61.5 Å². The molecule has 1 rings (SSSR count). The zero-order chi connectivity index (χ0) is 9.19. The van der Waals surface area contributed by atoms with E-state index in [4.69, 9.17) is 10.5 Å². The fourth-order valence-electron chi connectivity index (χ4n) is 1.22. The average Bonchev–Trinajstić information content (AvgIpc) is 2.03. The molecule has 2 atom stereocenters. The lowest BCUT2D eigenvalue weighted by Crippen LogP contribution is -2.48. The number of hydrogen-bond donors (Lipinski definition) is 1. The molecule has 2 unspecified atom stereocenters. The van der Waals surface area contributed by atoms with Crippen LogP contribution in [0.4, 0.5) is 0 Å². The van der Waals surface area contributed by atoms with Crippen molar-refractivity contribution in [2.45, 2.75) is 31.4 Å². The Hall–Kier alpha value is -0.610. The quantitative estimate of drug-likeness (QED) is 0.569. The van der Waals surface area contributed by atoms with E-state index < -0.39 is 6.10 Å². The van der Waals surface area contributed by atoms with Crippen LogP contribution in [0.15, 0.2) is 0 Å². The van der Waals surface area contributed by atoms with Gasteiger partial charge in [0.15, 0.2) is 6.10 Å². The summed E-state index contributed by atoms with van der Waals surface area (Å²) in [5, 5.41) is 0. The van der Waals surface area contributed by atoms with Gasteiger partial charge in [0.05, 0.1) is 13.7 Å². The normalized spacial score (nSPS) is 36.1. The van der Waals surface area contributed by atoms with Gasteiger partial charge in [0.1, 0.15) is 0 Å². The summed E-state index contributed by atoms with van der Waals surface area (Å²) in [6.45, 7) is 2.34. The largest absolute Gasteiger partial charge is 0.467 e. The van der Waals surface area contributed by atoms with E-state index in [1.54, 1.807) is 0 Å². The molecule has 0 aromatic rings. The number of esters is 1. The van der Waals surface area contributed by atoms with Gasteiger partial charge in [-0.2, -0.15) is 0 Å². The summed E-state index contributed by atoms with van der Waals surface area (Å²) >= 11 is 0. The van der Waals surface area contributed by atoms with Gasteiger partial charge in [0, 0.05) is 5.54 Å². The lowest BCUT2D eigenvalue weighted by atomic mass is 9.93. The first-order chi connectivity index (χ1) is 5.55. The van der Waals surface area contributed by atoms with E-state index in [2.05, 4.69) is 4.74 Å². The van der Waals surface area contributed by atoms with Crippen LogP contribution < -0.4 is 5.73 Å². The van der Waals surface area contributed by atoms with Crippen LogP contribution >= 0.6 is 0 Å². The first-order valence-corrected chi connectivity index (χ1v) is 4.03. The minimum absolute atomic E-state index is 0.287. The summed E-state index contributed by atoms with van der Waals surface area (Å²) in [7, 11) is 1.36. The number of ether oxygens (including phenoxy) is 2. The maximum atomic E-state index is 11.0. The zero-order valence-electron chi connectivity index (χ0n) is 7.50. The van der Waals surface area contributed by atoms with Gasteiger partial charge in [-0.25, -0.2) is 4.79 Å². The van der Waals surface area contributed by atoms with Crippen LogP contribution in [-0.4, -0.2) is 31.3 Å². The van der Waals surface area contributed by atoms with E-state index in [1.165, 1.54) is 7.11 Å². The van der Waals surface area contributed by atoms with E-state index in [1.807, 2.05) is 6.92 Å². The van der Waals surface area contributed by atoms with Gasteiger partial charge >= 0.3 is 5.97 Å². The highest BCUT2D eigenvalue weighted by Crippen LogP contribution is 2.20. The van der Waals surface area contributed by atoms with E-state index in [-0.39, 0.29) is 11.5 Å². The molecule has 1 heterocycles. The predicted octanol–water partition coefficient (Wildman–Crippen LogP) is 0.0558. The van der Waals surface area contributed by atoms with Crippen LogP contribution in [0.3, 0.4) is 0 Å². The van der Waals surface area contributed by atoms with Gasteiger partial charge in [-0.1, -0.05) is 0 Å². The summed E-state index contributed by atoms with van der Waals surface area (Å²) in [6.07, 6.45) is 1.04. The standard InChI is InChI=1S/C8H15NO3/c1-8(9)4-3-6(12-5-8)7(10)11-2/h6H,3-5,9H2,1-2H3. The summed E-state index contributed by atoms with van der Waals surface area (Å²) in [4.78, 5) is 11.0. The Kier molecular flexibility index (Phi) is 2.69. The lowest BCUT2D eigenvalue weighted by molar-refractivity contribution is -0.159. The molecule has 1 fully saturated rings. The van der Waals surface area contributed by atoms with Crippen molar-refractivity contribution in [2.24, 2.45) is 5.73 Å². The molecule has 1 aliphatic rings. The molecule has 0 aromatic heterocycles. The summed E-state index contributed by atoms with van der Waals surface area (Å²) < 4.78 is 9.80. The van der Waals surface area contributed by atoms with Crippen LogP contribution in [0.25, 0.3) is 0 Å². The molecule has 70 valence electrons. The second kappa shape index (κ2) is 3.41. The molecule has 0 spiro atoms. The molecule has 0 aliphatic carbocycles. The van der Waals surface area contributed by atoms with Gasteiger partial charge < -0.3 is 15.2 Å². The van der Waals surface area contributed by atoms with Crippen molar-refractivity contribution < 1.29 is 14.3 Å². The summed E-state index contributed by atoms with van der Waals surface area (Å²) in [5.74, 6) is -0.300. The third-order valence-corrected chi connectivity index (χ3v) is 2.06. The molecule has 4 heteroatoms. The molecule has 0 amide bonds. The van der Waals surface area contributed by atoms with Crippen LogP contribution in [-0.2, 0) is 14.3 Å². The first-order valence-electron chi connectivity index (χ1n) is 4.03. The van der Waals surface area contributed by atoms with Gasteiger partial charge in [-0.15, -0.1) is 0 Å². The van der Waals surface area contributed by atoms with Gasteiger partial charge in [0.2, 0.25) is 0 Å². The number of hydrogen-bond acceptors (Lipinski definition) is 4. The monoisotopic (exact) mass is 173 g/mol. The number of rotatable bonds is 1. The third kappa shape index (κ3) is 2.19. The Balaban J connectivity index is 2.41. The molecule has 2 N–H and O–H groups in total. The Bertz CT molecular complexity index is 169. The van der Waals surface area contributed by atoms with Gasteiger partial charge in [0.25, 0.3) is 0 Å². The zero-order valence-corrected chi connectivity index (χ0v) is 7.50. The molecule has 0 radical (unpaired) electrons. The maximum absolute atomic E-state index is 11.0. The smallest absolute Gasteiger partial charge is 0.334 e. The second-order valence-electron chi connectivity index (χ2n) is 3.52. The summed E-state index contributed by atoms with van der Waals surface area (Å²) in [6, 6.07) is 0. The van der Waals surface area contributed by atoms with E-state index >= 15 is 0 Å². The van der Waals surface area contributed by atoms with Crippen LogP contribution in [0.2, 0.25) is 0 Å². The fraction of sp³-hybridized carbons (Fsp3) is 0.875. The third-order valence-electron chi connectivity index (χ3n) is 2.06.